The number of aromatic carboxylic acids is 1. The Hall–Kier alpha value is -1.58. The number of ether oxygens (including phenoxy) is 1. The predicted octanol–water partition coefficient (Wildman–Crippen LogP) is 2.46. The number of carbonyl (C=O) groups is 1. The predicted molar refractivity (Wildman–Crippen MR) is 51.6 cm³/mol. The van der Waals surface area contributed by atoms with Gasteiger partial charge in [0, 0.05) is 0 Å². The third-order valence-corrected chi connectivity index (χ3v) is 2.52. The van der Waals surface area contributed by atoms with E-state index in [0.717, 1.165) is 25.3 Å². The molecule has 0 radical (unpaired) electrons. The lowest BCUT2D eigenvalue weighted by Gasteiger charge is -2.26. The molecule has 0 saturated heterocycles. The second-order valence-corrected chi connectivity index (χ2v) is 3.62. The maximum atomic E-state index is 13.3. The molecule has 0 heterocycles. The first-order chi connectivity index (χ1) is 7.16. The topological polar surface area (TPSA) is 46.5 Å². The molecule has 1 aliphatic carbocycles. The van der Waals surface area contributed by atoms with Crippen LogP contribution in [0.25, 0.3) is 0 Å². The van der Waals surface area contributed by atoms with Gasteiger partial charge in [-0.15, -0.1) is 0 Å². The minimum Gasteiger partial charge on any atom is -0.487 e. The maximum absolute atomic E-state index is 13.3. The van der Waals surface area contributed by atoms with Gasteiger partial charge in [-0.05, 0) is 37.5 Å². The first-order valence-corrected chi connectivity index (χ1v) is 4.86. The van der Waals surface area contributed by atoms with E-state index in [2.05, 4.69) is 0 Å². The Kier molecular flexibility index (Phi) is 2.58. The van der Waals surface area contributed by atoms with Gasteiger partial charge in [-0.1, -0.05) is 0 Å². The second-order valence-electron chi connectivity index (χ2n) is 3.62. The van der Waals surface area contributed by atoms with Crippen LogP contribution in [0, 0.1) is 5.82 Å². The van der Waals surface area contributed by atoms with Crippen LogP contribution < -0.4 is 4.74 Å². The van der Waals surface area contributed by atoms with Gasteiger partial charge in [-0.3, -0.25) is 0 Å². The van der Waals surface area contributed by atoms with Gasteiger partial charge in [0.05, 0.1) is 11.7 Å². The first kappa shape index (κ1) is 9.96. The first-order valence-electron chi connectivity index (χ1n) is 4.86. The molecule has 0 atom stereocenters. The number of hydrogen-bond donors (Lipinski definition) is 1. The van der Waals surface area contributed by atoms with Crippen molar-refractivity contribution in [3.63, 3.8) is 0 Å². The lowest BCUT2D eigenvalue weighted by Crippen LogP contribution is -2.25. The molecule has 0 amide bonds. The average Bonchev–Trinajstić information content (AvgIpc) is 2.12. The van der Waals surface area contributed by atoms with E-state index in [0.29, 0.717) is 0 Å². The van der Waals surface area contributed by atoms with Gasteiger partial charge in [0.25, 0.3) is 0 Å². The molecule has 80 valence electrons. The van der Waals surface area contributed by atoms with Crippen LogP contribution in [0.3, 0.4) is 0 Å². The Morgan fingerprint density at radius 2 is 2.20 bits per heavy atom. The lowest BCUT2D eigenvalue weighted by molar-refractivity contribution is 0.0696. The standard InChI is InChI=1S/C11H11FO3/c12-9-6-7(11(13)14)4-5-10(9)15-8-2-1-3-8/h4-6,8H,1-3H2,(H,13,14). The summed E-state index contributed by atoms with van der Waals surface area (Å²) >= 11 is 0. The average molecular weight is 210 g/mol. The zero-order valence-electron chi connectivity index (χ0n) is 8.07. The summed E-state index contributed by atoms with van der Waals surface area (Å²) in [6.45, 7) is 0. The van der Waals surface area contributed by atoms with E-state index in [1.54, 1.807) is 0 Å². The molecule has 1 N–H and O–H groups in total. The van der Waals surface area contributed by atoms with Crippen molar-refractivity contribution < 1.29 is 19.0 Å². The summed E-state index contributed by atoms with van der Waals surface area (Å²) in [4.78, 5) is 10.5. The fourth-order valence-corrected chi connectivity index (χ4v) is 1.40. The number of carboxylic acids is 1. The Balaban J connectivity index is 2.14. The molecule has 15 heavy (non-hydrogen) atoms. The van der Waals surface area contributed by atoms with Crippen molar-refractivity contribution in [2.75, 3.05) is 0 Å². The van der Waals surface area contributed by atoms with E-state index in [1.807, 2.05) is 0 Å². The zero-order chi connectivity index (χ0) is 10.8. The molecule has 1 saturated carbocycles. The fraction of sp³-hybridized carbons (Fsp3) is 0.364. The molecule has 1 fully saturated rings. The van der Waals surface area contributed by atoms with Gasteiger partial charge in [0.15, 0.2) is 11.6 Å². The molecule has 0 unspecified atom stereocenters. The Labute approximate surface area is 86.5 Å². The summed E-state index contributed by atoms with van der Waals surface area (Å²) in [7, 11) is 0. The Morgan fingerprint density at radius 3 is 2.67 bits per heavy atom. The summed E-state index contributed by atoms with van der Waals surface area (Å²) in [6, 6.07) is 3.70. The minimum atomic E-state index is -1.14. The van der Waals surface area contributed by atoms with Crippen LogP contribution >= 0.6 is 0 Å². The van der Waals surface area contributed by atoms with E-state index in [-0.39, 0.29) is 17.4 Å². The molecule has 4 heteroatoms. The van der Waals surface area contributed by atoms with E-state index in [9.17, 15) is 9.18 Å². The molecular formula is C11H11FO3. The van der Waals surface area contributed by atoms with Gasteiger partial charge < -0.3 is 9.84 Å². The summed E-state index contributed by atoms with van der Waals surface area (Å²) in [5.74, 6) is -1.60. The van der Waals surface area contributed by atoms with Crippen LogP contribution in [0.1, 0.15) is 29.6 Å². The summed E-state index contributed by atoms with van der Waals surface area (Å²) in [5.41, 5.74) is -0.0616. The third kappa shape index (κ3) is 2.09. The number of benzene rings is 1. The summed E-state index contributed by atoms with van der Waals surface area (Å²) in [5, 5.41) is 8.63. The number of rotatable bonds is 3. The van der Waals surface area contributed by atoms with Crippen LogP contribution in [0.2, 0.25) is 0 Å². The van der Waals surface area contributed by atoms with Crippen molar-refractivity contribution in [3.8, 4) is 5.75 Å². The van der Waals surface area contributed by atoms with Crippen LogP contribution in [0.15, 0.2) is 18.2 Å². The van der Waals surface area contributed by atoms with E-state index in [1.165, 1.54) is 12.1 Å². The van der Waals surface area contributed by atoms with Crippen molar-refractivity contribution in [2.24, 2.45) is 0 Å². The largest absolute Gasteiger partial charge is 0.487 e. The maximum Gasteiger partial charge on any atom is 0.335 e. The molecule has 0 aliphatic heterocycles. The number of halogens is 1. The molecule has 1 aromatic rings. The van der Waals surface area contributed by atoms with Crippen molar-refractivity contribution in [1.29, 1.82) is 0 Å². The normalized spacial score (nSPS) is 15.8. The second kappa shape index (κ2) is 3.88. The number of carboxylic acid groups (broad SMARTS) is 1. The van der Waals surface area contributed by atoms with Crippen LogP contribution in [-0.4, -0.2) is 17.2 Å². The Bertz CT molecular complexity index is 385. The smallest absolute Gasteiger partial charge is 0.335 e. The van der Waals surface area contributed by atoms with Gasteiger partial charge in [-0.25, -0.2) is 9.18 Å². The highest BCUT2D eigenvalue weighted by molar-refractivity contribution is 5.87. The number of hydrogen-bond acceptors (Lipinski definition) is 2. The molecule has 3 nitrogen and oxygen atoms in total. The molecule has 1 aliphatic rings. The molecular weight excluding hydrogens is 199 g/mol. The van der Waals surface area contributed by atoms with Crippen molar-refractivity contribution >= 4 is 5.97 Å². The minimum absolute atomic E-state index is 0.0616. The van der Waals surface area contributed by atoms with E-state index in [4.69, 9.17) is 9.84 Å². The van der Waals surface area contributed by atoms with Crippen molar-refractivity contribution in [1.82, 2.24) is 0 Å². The Morgan fingerprint density at radius 1 is 1.47 bits per heavy atom. The molecule has 0 bridgehead atoms. The monoisotopic (exact) mass is 210 g/mol. The highest BCUT2D eigenvalue weighted by Gasteiger charge is 2.20. The molecule has 0 aromatic heterocycles. The molecule has 2 rings (SSSR count). The third-order valence-electron chi connectivity index (χ3n) is 2.52. The van der Waals surface area contributed by atoms with Crippen LogP contribution in [0.4, 0.5) is 4.39 Å². The molecule has 0 spiro atoms. The highest BCUT2D eigenvalue weighted by atomic mass is 19.1. The fourth-order valence-electron chi connectivity index (χ4n) is 1.40. The summed E-state index contributed by atoms with van der Waals surface area (Å²) in [6.07, 6.45) is 3.09. The van der Waals surface area contributed by atoms with Crippen molar-refractivity contribution in [2.45, 2.75) is 25.4 Å². The van der Waals surface area contributed by atoms with Gasteiger partial charge in [-0.2, -0.15) is 0 Å². The zero-order valence-corrected chi connectivity index (χ0v) is 8.07. The van der Waals surface area contributed by atoms with Gasteiger partial charge >= 0.3 is 5.97 Å². The van der Waals surface area contributed by atoms with Crippen LogP contribution in [0.5, 0.6) is 5.75 Å². The van der Waals surface area contributed by atoms with E-state index >= 15 is 0 Å². The quantitative estimate of drug-likeness (QED) is 0.833. The van der Waals surface area contributed by atoms with Gasteiger partial charge in [0.2, 0.25) is 0 Å². The van der Waals surface area contributed by atoms with Crippen LogP contribution in [-0.2, 0) is 0 Å². The van der Waals surface area contributed by atoms with Gasteiger partial charge in [0.1, 0.15) is 0 Å². The highest BCUT2D eigenvalue weighted by Crippen LogP contribution is 2.27. The summed E-state index contributed by atoms with van der Waals surface area (Å²) < 4.78 is 18.7. The molecule has 1 aromatic carbocycles. The lowest BCUT2D eigenvalue weighted by atomic mass is 9.96. The van der Waals surface area contributed by atoms with Crippen molar-refractivity contribution in [3.05, 3.63) is 29.6 Å². The SMILES string of the molecule is O=C(O)c1ccc(OC2CCC2)c(F)c1. The van der Waals surface area contributed by atoms with E-state index < -0.39 is 11.8 Å².